The van der Waals surface area contributed by atoms with Gasteiger partial charge in [-0.2, -0.15) is 0 Å². The van der Waals surface area contributed by atoms with Crippen LogP contribution in [0.1, 0.15) is 34.4 Å². The van der Waals surface area contributed by atoms with Crippen molar-refractivity contribution in [1.82, 2.24) is 14.9 Å². The van der Waals surface area contributed by atoms with Gasteiger partial charge in [-0.25, -0.2) is 4.98 Å². The molecule has 2 heterocycles. The third-order valence-corrected chi connectivity index (χ3v) is 3.70. The number of imidazole rings is 1. The molecule has 23 heavy (non-hydrogen) atoms. The van der Waals surface area contributed by atoms with Crippen LogP contribution in [0.25, 0.3) is 0 Å². The molecule has 0 unspecified atom stereocenters. The van der Waals surface area contributed by atoms with E-state index in [1.54, 1.807) is 18.6 Å². The van der Waals surface area contributed by atoms with Crippen molar-refractivity contribution in [3.05, 3.63) is 77.8 Å². The normalized spacial score (nSPS) is 10.7. The van der Waals surface area contributed by atoms with E-state index >= 15 is 0 Å². The number of furan rings is 1. The molecule has 3 rings (SSSR count). The second-order valence-corrected chi connectivity index (χ2v) is 5.31. The lowest BCUT2D eigenvalue weighted by Crippen LogP contribution is -2.23. The molecule has 1 N–H and O–H groups in total. The molecule has 0 saturated heterocycles. The first-order valence-corrected chi connectivity index (χ1v) is 7.65. The van der Waals surface area contributed by atoms with Crippen LogP contribution in [-0.4, -0.2) is 15.5 Å². The Bertz CT molecular complexity index is 775. The number of aryl methyl sites for hydroxylation is 1. The molecule has 5 heteroatoms. The van der Waals surface area contributed by atoms with Gasteiger partial charge in [-0.1, -0.05) is 31.2 Å². The summed E-state index contributed by atoms with van der Waals surface area (Å²) in [5.41, 5.74) is 2.23. The SMILES string of the molecule is CCc1ccc(C(=O)NCc2ccccc2Cn2ccnc2)o1. The summed E-state index contributed by atoms with van der Waals surface area (Å²) in [6, 6.07) is 11.6. The van der Waals surface area contributed by atoms with Gasteiger partial charge in [0, 0.05) is 31.9 Å². The first kappa shape index (κ1) is 15.1. The molecule has 1 aromatic carbocycles. The molecule has 0 radical (unpaired) electrons. The molecule has 0 aliphatic carbocycles. The molecule has 3 aromatic rings. The number of nitrogens with zero attached hydrogens (tertiary/aromatic N) is 2. The average molecular weight is 309 g/mol. The summed E-state index contributed by atoms with van der Waals surface area (Å²) in [6.45, 7) is 3.19. The largest absolute Gasteiger partial charge is 0.456 e. The highest BCUT2D eigenvalue weighted by Crippen LogP contribution is 2.12. The summed E-state index contributed by atoms with van der Waals surface area (Å²) in [5.74, 6) is 0.978. The fourth-order valence-electron chi connectivity index (χ4n) is 2.41. The molecule has 0 bridgehead atoms. The smallest absolute Gasteiger partial charge is 0.287 e. The molecule has 0 fully saturated rings. The minimum atomic E-state index is -0.192. The summed E-state index contributed by atoms with van der Waals surface area (Å²) in [7, 11) is 0. The van der Waals surface area contributed by atoms with Crippen molar-refractivity contribution in [2.24, 2.45) is 0 Å². The zero-order valence-corrected chi connectivity index (χ0v) is 13.0. The second-order valence-electron chi connectivity index (χ2n) is 5.31. The van der Waals surface area contributed by atoms with Crippen LogP contribution in [0.15, 0.2) is 59.5 Å². The summed E-state index contributed by atoms with van der Waals surface area (Å²) < 4.78 is 7.47. The molecule has 5 nitrogen and oxygen atoms in total. The zero-order chi connectivity index (χ0) is 16.1. The maximum absolute atomic E-state index is 12.2. The highest BCUT2D eigenvalue weighted by Gasteiger charge is 2.11. The molecule has 0 aliphatic heterocycles. The van der Waals surface area contributed by atoms with Crippen LogP contribution in [-0.2, 0) is 19.5 Å². The fourth-order valence-corrected chi connectivity index (χ4v) is 2.41. The van der Waals surface area contributed by atoms with Gasteiger partial charge in [0.2, 0.25) is 0 Å². The first-order valence-electron chi connectivity index (χ1n) is 7.65. The lowest BCUT2D eigenvalue weighted by Gasteiger charge is -2.10. The first-order chi connectivity index (χ1) is 11.3. The van der Waals surface area contributed by atoms with Crippen molar-refractivity contribution in [1.29, 1.82) is 0 Å². The Labute approximate surface area is 135 Å². The van der Waals surface area contributed by atoms with Gasteiger partial charge in [-0.05, 0) is 23.3 Å². The van der Waals surface area contributed by atoms with Crippen LogP contribution < -0.4 is 5.32 Å². The molecule has 0 saturated carbocycles. The highest BCUT2D eigenvalue weighted by molar-refractivity contribution is 5.91. The van der Waals surface area contributed by atoms with E-state index in [4.69, 9.17) is 4.42 Å². The quantitative estimate of drug-likeness (QED) is 0.761. The van der Waals surface area contributed by atoms with Crippen LogP contribution in [0, 0.1) is 0 Å². The third kappa shape index (κ3) is 3.69. The lowest BCUT2D eigenvalue weighted by molar-refractivity contribution is 0.0921. The van der Waals surface area contributed by atoms with E-state index in [2.05, 4.69) is 16.4 Å². The Balaban J connectivity index is 1.67. The molecule has 0 atom stereocenters. The monoisotopic (exact) mass is 309 g/mol. The summed E-state index contributed by atoms with van der Waals surface area (Å²) >= 11 is 0. The van der Waals surface area contributed by atoms with Crippen LogP contribution in [0.2, 0.25) is 0 Å². The zero-order valence-electron chi connectivity index (χ0n) is 13.0. The van der Waals surface area contributed by atoms with E-state index in [1.165, 1.54) is 0 Å². The molecule has 0 spiro atoms. The number of amides is 1. The third-order valence-electron chi connectivity index (χ3n) is 3.70. The van der Waals surface area contributed by atoms with E-state index in [1.807, 2.05) is 42.0 Å². The van der Waals surface area contributed by atoms with Gasteiger partial charge in [0.05, 0.1) is 6.33 Å². The molecule has 118 valence electrons. The Kier molecular flexibility index (Phi) is 4.57. The number of carbonyl (C=O) groups excluding carboxylic acids is 1. The lowest BCUT2D eigenvalue weighted by atomic mass is 10.1. The van der Waals surface area contributed by atoms with E-state index in [9.17, 15) is 4.79 Å². The predicted molar refractivity (Wildman–Crippen MR) is 87.0 cm³/mol. The number of hydrogen-bond donors (Lipinski definition) is 1. The standard InChI is InChI=1S/C18H19N3O2/c1-2-16-7-8-17(23-16)18(22)20-11-14-5-3-4-6-15(14)12-21-10-9-19-13-21/h3-10,13H,2,11-12H2,1H3,(H,20,22). The fraction of sp³-hybridized carbons (Fsp3) is 0.222. The summed E-state index contributed by atoms with van der Waals surface area (Å²) in [6.07, 6.45) is 6.24. The number of rotatable bonds is 6. The summed E-state index contributed by atoms with van der Waals surface area (Å²) in [4.78, 5) is 16.2. The number of hydrogen-bond acceptors (Lipinski definition) is 3. The summed E-state index contributed by atoms with van der Waals surface area (Å²) in [5, 5.41) is 2.92. The number of aromatic nitrogens is 2. The van der Waals surface area contributed by atoms with Gasteiger partial charge in [0.1, 0.15) is 5.76 Å². The van der Waals surface area contributed by atoms with Crippen LogP contribution in [0.4, 0.5) is 0 Å². The topological polar surface area (TPSA) is 60.1 Å². The molecule has 0 aliphatic rings. The van der Waals surface area contributed by atoms with E-state index in [0.29, 0.717) is 12.3 Å². The van der Waals surface area contributed by atoms with Crippen molar-refractivity contribution in [3.63, 3.8) is 0 Å². The van der Waals surface area contributed by atoms with Crippen molar-refractivity contribution in [2.45, 2.75) is 26.4 Å². The van der Waals surface area contributed by atoms with Gasteiger partial charge in [0.25, 0.3) is 5.91 Å². The Morgan fingerprint density at radius 3 is 2.74 bits per heavy atom. The number of carbonyl (C=O) groups is 1. The van der Waals surface area contributed by atoms with E-state index < -0.39 is 0 Å². The van der Waals surface area contributed by atoms with Gasteiger partial charge in [0.15, 0.2) is 5.76 Å². The van der Waals surface area contributed by atoms with Gasteiger partial charge >= 0.3 is 0 Å². The van der Waals surface area contributed by atoms with E-state index in [0.717, 1.165) is 29.9 Å². The van der Waals surface area contributed by atoms with Gasteiger partial charge in [-0.3, -0.25) is 4.79 Å². The Morgan fingerprint density at radius 1 is 1.22 bits per heavy atom. The van der Waals surface area contributed by atoms with Crippen LogP contribution >= 0.6 is 0 Å². The maximum atomic E-state index is 12.2. The Morgan fingerprint density at radius 2 is 2.04 bits per heavy atom. The van der Waals surface area contributed by atoms with Crippen LogP contribution in [0.3, 0.4) is 0 Å². The Hall–Kier alpha value is -2.82. The van der Waals surface area contributed by atoms with Gasteiger partial charge in [-0.15, -0.1) is 0 Å². The minimum Gasteiger partial charge on any atom is -0.456 e. The predicted octanol–water partition coefficient (Wildman–Crippen LogP) is 3.02. The molecular weight excluding hydrogens is 290 g/mol. The maximum Gasteiger partial charge on any atom is 0.287 e. The number of nitrogens with one attached hydrogen (secondary N) is 1. The van der Waals surface area contributed by atoms with E-state index in [-0.39, 0.29) is 5.91 Å². The molecule has 1 amide bonds. The molecule has 2 aromatic heterocycles. The van der Waals surface area contributed by atoms with Crippen molar-refractivity contribution in [2.75, 3.05) is 0 Å². The molecular formula is C18H19N3O2. The number of benzene rings is 1. The van der Waals surface area contributed by atoms with Gasteiger partial charge < -0.3 is 14.3 Å². The van der Waals surface area contributed by atoms with Crippen molar-refractivity contribution < 1.29 is 9.21 Å². The minimum absolute atomic E-state index is 0.192. The van der Waals surface area contributed by atoms with Crippen molar-refractivity contribution >= 4 is 5.91 Å². The highest BCUT2D eigenvalue weighted by atomic mass is 16.3. The second kappa shape index (κ2) is 6.96. The average Bonchev–Trinajstić information content (AvgIpc) is 3.25. The van der Waals surface area contributed by atoms with Crippen LogP contribution in [0.5, 0.6) is 0 Å². The van der Waals surface area contributed by atoms with Crippen molar-refractivity contribution in [3.8, 4) is 0 Å².